The third kappa shape index (κ3) is 4.05. The molecule has 0 saturated carbocycles. The van der Waals surface area contributed by atoms with Gasteiger partial charge in [-0.1, -0.05) is 12.1 Å². The Morgan fingerprint density at radius 3 is 2.03 bits per heavy atom. The van der Waals surface area contributed by atoms with Crippen molar-refractivity contribution in [3.8, 4) is 0 Å². The van der Waals surface area contributed by atoms with Gasteiger partial charge in [-0.3, -0.25) is 14.4 Å². The highest BCUT2D eigenvalue weighted by Gasteiger charge is 2.36. The van der Waals surface area contributed by atoms with Crippen LogP contribution in [0.5, 0.6) is 0 Å². The lowest BCUT2D eigenvalue weighted by atomic mass is 10.1. The van der Waals surface area contributed by atoms with E-state index in [1.165, 1.54) is 24.3 Å². The fraction of sp³-hybridized carbons (Fsp3) is 0.0435. The molecule has 3 amide bonds. The van der Waals surface area contributed by atoms with Crippen LogP contribution < -0.4 is 10.2 Å². The summed E-state index contributed by atoms with van der Waals surface area (Å²) in [5, 5.41) is 1.97. The zero-order valence-corrected chi connectivity index (χ0v) is 16.6. The molecule has 10 heteroatoms. The number of esters is 1. The fourth-order valence-electron chi connectivity index (χ4n) is 3.19. The number of amides is 3. The number of fused-ring (bicyclic) bond motifs is 1. The molecule has 3 aromatic carbocycles. The first-order valence-electron chi connectivity index (χ1n) is 9.46. The van der Waals surface area contributed by atoms with Gasteiger partial charge in [0.05, 0.1) is 28.1 Å². The smallest absolute Gasteiger partial charge is 0.338 e. The van der Waals surface area contributed by atoms with E-state index < -0.39 is 53.4 Å². The molecule has 3 aromatic rings. The Labute approximate surface area is 184 Å². The number of carbonyl (C=O) groups is 4. The Bertz CT molecular complexity index is 1270. The van der Waals surface area contributed by atoms with Gasteiger partial charge in [0.25, 0.3) is 17.7 Å². The lowest BCUT2D eigenvalue weighted by Gasteiger charge is -2.14. The molecule has 0 unspecified atom stereocenters. The zero-order valence-electron chi connectivity index (χ0n) is 16.6. The Morgan fingerprint density at radius 2 is 1.42 bits per heavy atom. The zero-order chi connectivity index (χ0) is 23.7. The van der Waals surface area contributed by atoms with Gasteiger partial charge in [-0.2, -0.15) is 0 Å². The minimum atomic E-state index is -1.75. The van der Waals surface area contributed by atoms with E-state index in [1.54, 1.807) is 24.3 Å². The largest absolute Gasteiger partial charge is 0.452 e. The predicted molar refractivity (Wildman–Crippen MR) is 109 cm³/mol. The first kappa shape index (κ1) is 21.8. The molecule has 1 aliphatic heterocycles. The van der Waals surface area contributed by atoms with Crippen molar-refractivity contribution in [1.29, 1.82) is 0 Å². The molecule has 0 aliphatic carbocycles. The van der Waals surface area contributed by atoms with E-state index in [2.05, 4.69) is 0 Å². The average molecular weight is 454 g/mol. The Balaban J connectivity index is 1.38. The Hall–Kier alpha value is -4.47. The number of halogens is 3. The summed E-state index contributed by atoms with van der Waals surface area (Å²) >= 11 is 0. The number of benzene rings is 3. The van der Waals surface area contributed by atoms with Crippen LogP contribution in [-0.2, 0) is 9.53 Å². The van der Waals surface area contributed by atoms with Crippen LogP contribution in [0.25, 0.3) is 0 Å². The number of ether oxygens (including phenoxy) is 1. The van der Waals surface area contributed by atoms with Crippen molar-refractivity contribution in [2.45, 2.75) is 0 Å². The fourth-order valence-corrected chi connectivity index (χ4v) is 3.19. The molecule has 1 aliphatic rings. The second kappa shape index (κ2) is 8.58. The topological polar surface area (TPSA) is 92.8 Å². The monoisotopic (exact) mass is 454 g/mol. The van der Waals surface area contributed by atoms with Crippen LogP contribution in [0.1, 0.15) is 31.1 Å². The molecule has 33 heavy (non-hydrogen) atoms. The summed E-state index contributed by atoms with van der Waals surface area (Å²) < 4.78 is 44.6. The first-order chi connectivity index (χ1) is 15.8. The van der Waals surface area contributed by atoms with Gasteiger partial charge in [-0.25, -0.2) is 22.9 Å². The summed E-state index contributed by atoms with van der Waals surface area (Å²) in [5.41, 5.74) is 0.190. The Kier molecular flexibility index (Phi) is 5.65. The first-order valence-corrected chi connectivity index (χ1v) is 9.46. The number of hydrogen-bond donors (Lipinski definition) is 1. The van der Waals surface area contributed by atoms with Gasteiger partial charge in [-0.15, -0.1) is 0 Å². The molecule has 1 heterocycles. The number of carbonyl (C=O) groups excluding carboxylic acids is 4. The molecule has 166 valence electrons. The van der Waals surface area contributed by atoms with E-state index in [1.807, 2.05) is 5.32 Å². The van der Waals surface area contributed by atoms with Gasteiger partial charge in [0.1, 0.15) is 0 Å². The minimum Gasteiger partial charge on any atom is -0.452 e. The third-order valence-corrected chi connectivity index (χ3v) is 4.80. The molecule has 7 nitrogen and oxygen atoms in total. The molecule has 0 atom stereocenters. The molecular weight excluding hydrogens is 441 g/mol. The number of nitrogens with zero attached hydrogens (tertiary/aromatic N) is 1. The van der Waals surface area contributed by atoms with E-state index in [9.17, 15) is 32.3 Å². The van der Waals surface area contributed by atoms with Gasteiger partial charge >= 0.3 is 5.97 Å². The normalized spacial score (nSPS) is 12.5. The van der Waals surface area contributed by atoms with Crippen molar-refractivity contribution >= 4 is 35.1 Å². The Morgan fingerprint density at radius 1 is 0.818 bits per heavy atom. The molecule has 4 rings (SSSR count). The van der Waals surface area contributed by atoms with Crippen LogP contribution >= 0.6 is 0 Å². The predicted octanol–water partition coefficient (Wildman–Crippen LogP) is 3.70. The molecule has 0 saturated heterocycles. The van der Waals surface area contributed by atoms with Crippen molar-refractivity contribution in [1.82, 2.24) is 0 Å². The van der Waals surface area contributed by atoms with Crippen LogP contribution in [0.4, 0.5) is 24.5 Å². The van der Waals surface area contributed by atoms with E-state index in [4.69, 9.17) is 4.74 Å². The van der Waals surface area contributed by atoms with E-state index in [-0.39, 0.29) is 22.4 Å². The molecular formula is C23H13F3N2O5. The standard InChI is InChI=1S/C23H13F3N2O5/c24-16-9-10-17(20(26)19(16)25)27-18(29)11-33-23(32)12-5-7-13(8-6-12)28-21(30)14-3-1-2-4-15(14)22(28)31/h1-10H,11H2,(H,27,29). The molecule has 0 aromatic heterocycles. The quantitative estimate of drug-likeness (QED) is 0.361. The minimum absolute atomic E-state index is 0.0159. The second-order valence-corrected chi connectivity index (χ2v) is 6.89. The van der Waals surface area contributed by atoms with Crippen LogP contribution in [0.3, 0.4) is 0 Å². The van der Waals surface area contributed by atoms with Crippen molar-refractivity contribution < 1.29 is 37.1 Å². The van der Waals surface area contributed by atoms with Gasteiger partial charge in [0.2, 0.25) is 0 Å². The summed E-state index contributed by atoms with van der Waals surface area (Å²) in [6, 6.07) is 13.2. The van der Waals surface area contributed by atoms with Crippen LogP contribution in [0.15, 0.2) is 60.7 Å². The van der Waals surface area contributed by atoms with Gasteiger partial charge in [0.15, 0.2) is 24.1 Å². The summed E-state index contributed by atoms with van der Waals surface area (Å²) in [6.07, 6.45) is 0. The molecule has 0 spiro atoms. The lowest BCUT2D eigenvalue weighted by molar-refractivity contribution is -0.119. The second-order valence-electron chi connectivity index (χ2n) is 6.89. The molecule has 0 radical (unpaired) electrons. The molecule has 1 N–H and O–H groups in total. The average Bonchev–Trinajstić information content (AvgIpc) is 3.08. The van der Waals surface area contributed by atoms with Crippen molar-refractivity contribution in [2.24, 2.45) is 0 Å². The molecule has 0 bridgehead atoms. The number of hydrogen-bond acceptors (Lipinski definition) is 5. The third-order valence-electron chi connectivity index (χ3n) is 4.80. The number of anilines is 2. The summed E-state index contributed by atoms with van der Waals surface area (Å²) in [5.74, 6) is -7.62. The molecule has 0 fully saturated rings. The maximum absolute atomic E-state index is 13.6. The maximum Gasteiger partial charge on any atom is 0.338 e. The summed E-state index contributed by atoms with van der Waals surface area (Å²) in [7, 11) is 0. The highest BCUT2D eigenvalue weighted by molar-refractivity contribution is 6.34. The van der Waals surface area contributed by atoms with Crippen LogP contribution in [0.2, 0.25) is 0 Å². The van der Waals surface area contributed by atoms with Crippen molar-refractivity contribution in [3.05, 3.63) is 94.8 Å². The number of imide groups is 1. The SMILES string of the molecule is O=C(COC(=O)c1ccc(N2C(=O)c3ccccc3C2=O)cc1)Nc1ccc(F)c(F)c1F. The van der Waals surface area contributed by atoms with Gasteiger partial charge in [0, 0.05) is 0 Å². The van der Waals surface area contributed by atoms with Gasteiger partial charge < -0.3 is 10.1 Å². The lowest BCUT2D eigenvalue weighted by Crippen LogP contribution is -2.29. The number of nitrogens with one attached hydrogen (secondary N) is 1. The summed E-state index contributed by atoms with van der Waals surface area (Å²) in [6.45, 7) is -0.822. The van der Waals surface area contributed by atoms with Gasteiger partial charge in [-0.05, 0) is 48.5 Å². The number of rotatable bonds is 5. The highest BCUT2D eigenvalue weighted by atomic mass is 19.2. The van der Waals surface area contributed by atoms with Crippen molar-refractivity contribution in [3.63, 3.8) is 0 Å². The van der Waals surface area contributed by atoms with E-state index in [0.717, 1.165) is 11.0 Å². The van der Waals surface area contributed by atoms with E-state index >= 15 is 0 Å². The summed E-state index contributed by atoms with van der Waals surface area (Å²) in [4.78, 5) is 50.0. The maximum atomic E-state index is 13.6. The van der Waals surface area contributed by atoms with E-state index in [0.29, 0.717) is 6.07 Å². The van der Waals surface area contributed by atoms with Crippen LogP contribution in [0, 0.1) is 17.5 Å². The van der Waals surface area contributed by atoms with Crippen molar-refractivity contribution in [2.75, 3.05) is 16.8 Å². The highest BCUT2D eigenvalue weighted by Crippen LogP contribution is 2.28. The van der Waals surface area contributed by atoms with Crippen LogP contribution in [-0.4, -0.2) is 30.3 Å².